The largest absolute Gasteiger partial charge is 0.490 e. The van der Waals surface area contributed by atoms with E-state index in [1.54, 1.807) is 0 Å². The Hall–Kier alpha value is -0.838. The third kappa shape index (κ3) is 4.66. The SMILES string of the molecule is CC(C)/C(=C(\C[Si](C)(C)C)B1OC(C)(C)C(C)(C)O1)c1ccccc1. The fourth-order valence-electron chi connectivity index (χ4n) is 3.37. The maximum absolute atomic E-state index is 6.47. The molecule has 25 heavy (non-hydrogen) atoms. The van der Waals surface area contributed by atoms with Crippen LogP contribution >= 0.6 is 0 Å². The van der Waals surface area contributed by atoms with Gasteiger partial charge in [-0.15, -0.1) is 0 Å². The molecule has 0 N–H and O–H groups in total. The molecule has 0 aromatic heterocycles. The zero-order valence-electron chi connectivity index (χ0n) is 17.6. The van der Waals surface area contributed by atoms with Gasteiger partial charge in [0.15, 0.2) is 0 Å². The maximum Gasteiger partial charge on any atom is 0.490 e. The second kappa shape index (κ2) is 7.05. The Kier molecular flexibility index (Phi) is 5.78. The highest BCUT2D eigenvalue weighted by atomic mass is 28.3. The number of benzene rings is 1. The number of rotatable bonds is 5. The Morgan fingerprint density at radius 3 is 1.84 bits per heavy atom. The maximum atomic E-state index is 6.47. The predicted molar refractivity (Wildman–Crippen MR) is 112 cm³/mol. The van der Waals surface area contributed by atoms with Gasteiger partial charge in [0, 0.05) is 8.07 Å². The lowest BCUT2D eigenvalue weighted by Gasteiger charge is -2.32. The highest BCUT2D eigenvalue weighted by Crippen LogP contribution is 2.43. The van der Waals surface area contributed by atoms with E-state index in [-0.39, 0.29) is 18.3 Å². The van der Waals surface area contributed by atoms with Crippen LogP contribution in [0.2, 0.25) is 25.7 Å². The van der Waals surface area contributed by atoms with Crippen molar-refractivity contribution in [1.29, 1.82) is 0 Å². The van der Waals surface area contributed by atoms with Crippen LogP contribution in [0, 0.1) is 5.92 Å². The first-order chi connectivity index (χ1) is 11.3. The Bertz CT molecular complexity index is 611. The molecule has 0 saturated carbocycles. The van der Waals surface area contributed by atoms with Crippen LogP contribution in [-0.4, -0.2) is 26.4 Å². The first kappa shape index (κ1) is 20.5. The van der Waals surface area contributed by atoms with E-state index < -0.39 is 8.07 Å². The molecule has 0 radical (unpaired) electrons. The fraction of sp³-hybridized carbons (Fsp3) is 0.619. The number of hydrogen-bond acceptors (Lipinski definition) is 2. The molecular weight excluding hydrogens is 323 g/mol. The summed E-state index contributed by atoms with van der Waals surface area (Å²) in [6.07, 6.45) is 0. The smallest absolute Gasteiger partial charge is 0.400 e. The van der Waals surface area contributed by atoms with E-state index >= 15 is 0 Å². The molecule has 0 bridgehead atoms. The molecule has 2 nitrogen and oxygen atoms in total. The predicted octanol–water partition coefficient (Wildman–Crippen LogP) is 6.07. The summed E-state index contributed by atoms with van der Waals surface area (Å²) in [4.78, 5) is 0. The van der Waals surface area contributed by atoms with E-state index in [1.165, 1.54) is 16.6 Å². The minimum absolute atomic E-state index is 0.255. The lowest BCUT2D eigenvalue weighted by Crippen LogP contribution is -2.41. The van der Waals surface area contributed by atoms with Crippen LogP contribution in [0.4, 0.5) is 0 Å². The van der Waals surface area contributed by atoms with Gasteiger partial charge in [-0.2, -0.15) is 0 Å². The number of hydrogen-bond donors (Lipinski definition) is 0. The van der Waals surface area contributed by atoms with Crippen LogP contribution in [-0.2, 0) is 9.31 Å². The van der Waals surface area contributed by atoms with Gasteiger partial charge in [-0.05, 0) is 56.3 Å². The first-order valence-corrected chi connectivity index (χ1v) is 13.2. The molecule has 0 aliphatic carbocycles. The van der Waals surface area contributed by atoms with Gasteiger partial charge in [0.1, 0.15) is 0 Å². The lowest BCUT2D eigenvalue weighted by molar-refractivity contribution is 0.00578. The Morgan fingerprint density at radius 2 is 1.44 bits per heavy atom. The van der Waals surface area contributed by atoms with E-state index in [2.05, 4.69) is 91.5 Å². The average molecular weight is 358 g/mol. The summed E-state index contributed by atoms with van der Waals surface area (Å²) in [5.41, 5.74) is 3.42. The molecule has 4 heteroatoms. The van der Waals surface area contributed by atoms with Crippen molar-refractivity contribution in [3.8, 4) is 0 Å². The van der Waals surface area contributed by atoms with E-state index in [1.807, 2.05) is 0 Å². The minimum atomic E-state index is -1.34. The molecule has 138 valence electrons. The highest BCUT2D eigenvalue weighted by Gasteiger charge is 2.53. The second-order valence-corrected chi connectivity index (χ2v) is 15.3. The fourth-order valence-corrected chi connectivity index (χ4v) is 4.87. The quantitative estimate of drug-likeness (QED) is 0.595. The van der Waals surface area contributed by atoms with Gasteiger partial charge in [-0.3, -0.25) is 0 Å². The molecule has 1 heterocycles. The Balaban J connectivity index is 2.59. The van der Waals surface area contributed by atoms with E-state index in [4.69, 9.17) is 9.31 Å². The van der Waals surface area contributed by atoms with Crippen molar-refractivity contribution in [3.05, 3.63) is 41.4 Å². The molecule has 1 aliphatic heterocycles. The van der Waals surface area contributed by atoms with E-state index in [9.17, 15) is 0 Å². The van der Waals surface area contributed by atoms with Crippen LogP contribution in [0.15, 0.2) is 35.8 Å². The second-order valence-electron chi connectivity index (χ2n) is 9.79. The van der Waals surface area contributed by atoms with E-state index in [0.29, 0.717) is 5.92 Å². The molecule has 0 atom stereocenters. The van der Waals surface area contributed by atoms with E-state index in [0.717, 1.165) is 6.04 Å². The van der Waals surface area contributed by atoms with Crippen LogP contribution in [0.5, 0.6) is 0 Å². The van der Waals surface area contributed by atoms with Gasteiger partial charge >= 0.3 is 7.12 Å². The zero-order chi connectivity index (χ0) is 19.0. The van der Waals surface area contributed by atoms with Gasteiger partial charge < -0.3 is 9.31 Å². The third-order valence-electron chi connectivity index (χ3n) is 5.27. The summed E-state index contributed by atoms with van der Waals surface area (Å²) in [7, 11) is -1.60. The van der Waals surface area contributed by atoms with Gasteiger partial charge in [-0.25, -0.2) is 0 Å². The summed E-state index contributed by atoms with van der Waals surface area (Å²) in [5, 5.41) is 0. The summed E-state index contributed by atoms with van der Waals surface area (Å²) in [6.45, 7) is 20.3. The topological polar surface area (TPSA) is 18.5 Å². The summed E-state index contributed by atoms with van der Waals surface area (Å²) in [5.74, 6) is 0.424. The lowest BCUT2D eigenvalue weighted by atomic mass is 9.72. The van der Waals surface area contributed by atoms with Gasteiger partial charge in [0.2, 0.25) is 0 Å². The molecule has 1 aromatic carbocycles. The molecule has 0 unspecified atom stereocenters. The normalized spacial score (nSPS) is 20.8. The number of allylic oxidation sites excluding steroid dienone is 2. The van der Waals surface area contributed by atoms with Gasteiger partial charge in [0.05, 0.1) is 11.2 Å². The van der Waals surface area contributed by atoms with Crippen LogP contribution < -0.4 is 0 Å². The van der Waals surface area contributed by atoms with Crippen molar-refractivity contribution in [2.24, 2.45) is 5.92 Å². The van der Waals surface area contributed by atoms with Crippen molar-refractivity contribution in [2.45, 2.75) is 78.4 Å². The summed E-state index contributed by atoms with van der Waals surface area (Å²) < 4.78 is 12.9. The first-order valence-electron chi connectivity index (χ1n) is 9.48. The highest BCUT2D eigenvalue weighted by molar-refractivity contribution is 6.78. The monoisotopic (exact) mass is 358 g/mol. The van der Waals surface area contributed by atoms with Crippen LogP contribution in [0.3, 0.4) is 0 Å². The molecule has 0 spiro atoms. The summed E-state index contributed by atoms with van der Waals surface area (Å²) in [6, 6.07) is 11.8. The standard InChI is InChI=1S/C21H35BO2Si/c1-16(2)19(17-13-11-10-12-14-17)18(15-25(7,8)9)22-23-20(3,4)21(5,6)24-22/h10-14,16H,15H2,1-9H3/b19-18-. The molecular formula is C21H35BO2Si. The van der Waals surface area contributed by atoms with Crippen molar-refractivity contribution in [1.82, 2.24) is 0 Å². The van der Waals surface area contributed by atoms with Crippen molar-refractivity contribution >= 4 is 20.8 Å². The Labute approximate surface area is 156 Å². The van der Waals surface area contributed by atoms with Crippen molar-refractivity contribution in [3.63, 3.8) is 0 Å². The average Bonchev–Trinajstić information content (AvgIpc) is 2.66. The minimum Gasteiger partial charge on any atom is -0.400 e. The van der Waals surface area contributed by atoms with Gasteiger partial charge in [0.25, 0.3) is 0 Å². The molecule has 2 rings (SSSR count). The molecule has 1 fully saturated rings. The van der Waals surface area contributed by atoms with Crippen molar-refractivity contribution in [2.75, 3.05) is 0 Å². The zero-order valence-corrected chi connectivity index (χ0v) is 18.6. The Morgan fingerprint density at radius 1 is 0.960 bits per heavy atom. The molecule has 1 saturated heterocycles. The summed E-state index contributed by atoms with van der Waals surface area (Å²) >= 11 is 0. The van der Waals surface area contributed by atoms with Crippen LogP contribution in [0.25, 0.3) is 5.57 Å². The van der Waals surface area contributed by atoms with Crippen LogP contribution in [0.1, 0.15) is 47.1 Å². The molecule has 1 aromatic rings. The molecule has 1 aliphatic rings. The third-order valence-corrected chi connectivity index (χ3v) is 6.71. The molecule has 0 amide bonds. The van der Waals surface area contributed by atoms with Gasteiger partial charge in [-0.1, -0.05) is 63.8 Å². The van der Waals surface area contributed by atoms with Crippen molar-refractivity contribution < 1.29 is 9.31 Å².